The summed E-state index contributed by atoms with van der Waals surface area (Å²) in [5.41, 5.74) is 2.45. The third-order valence-electron chi connectivity index (χ3n) is 5.43. The summed E-state index contributed by atoms with van der Waals surface area (Å²) in [4.78, 5) is 14.9. The lowest BCUT2D eigenvalue weighted by Crippen LogP contribution is -2.38. The largest absolute Gasteiger partial charge is 0.371 e. The van der Waals surface area contributed by atoms with Gasteiger partial charge in [0, 0.05) is 36.1 Å². The molecule has 0 radical (unpaired) electrons. The molecule has 1 aliphatic rings. The summed E-state index contributed by atoms with van der Waals surface area (Å²) in [5.74, 6) is 0.0543. The average Bonchev–Trinajstić information content (AvgIpc) is 3.22. The van der Waals surface area contributed by atoms with E-state index in [-0.39, 0.29) is 11.8 Å². The van der Waals surface area contributed by atoms with E-state index in [0.717, 1.165) is 60.9 Å². The number of carbonyl (C=O) groups is 1. The zero-order chi connectivity index (χ0) is 20.8. The number of carbonyl (C=O) groups excluding carboxylic acids is 1. The van der Waals surface area contributed by atoms with Crippen molar-refractivity contribution in [2.75, 3.05) is 23.3 Å². The average molecular weight is 441 g/mol. The maximum Gasteiger partial charge on any atom is 0.229 e. The number of benzene rings is 2. The summed E-state index contributed by atoms with van der Waals surface area (Å²) in [6.07, 6.45) is 4.56. The molecule has 0 spiro atoms. The van der Waals surface area contributed by atoms with E-state index in [1.54, 1.807) is 0 Å². The fourth-order valence-corrected chi connectivity index (χ4v) is 4.74. The van der Waals surface area contributed by atoms with Crippen LogP contribution in [-0.4, -0.2) is 29.2 Å². The van der Waals surface area contributed by atoms with Crippen molar-refractivity contribution in [1.82, 2.24) is 10.2 Å². The van der Waals surface area contributed by atoms with Crippen LogP contribution in [-0.2, 0) is 17.6 Å². The Morgan fingerprint density at radius 3 is 2.63 bits per heavy atom. The van der Waals surface area contributed by atoms with Gasteiger partial charge in [-0.15, -0.1) is 10.2 Å². The van der Waals surface area contributed by atoms with Crippen molar-refractivity contribution >= 4 is 39.7 Å². The Kier molecular flexibility index (Phi) is 6.97. The predicted molar refractivity (Wildman–Crippen MR) is 123 cm³/mol. The van der Waals surface area contributed by atoms with Crippen LogP contribution in [0.25, 0.3) is 0 Å². The molecule has 0 aliphatic carbocycles. The van der Waals surface area contributed by atoms with Gasteiger partial charge in [-0.2, -0.15) is 0 Å². The van der Waals surface area contributed by atoms with E-state index in [2.05, 4.69) is 50.7 Å². The Morgan fingerprint density at radius 2 is 1.87 bits per heavy atom. The maximum absolute atomic E-state index is 12.7. The van der Waals surface area contributed by atoms with Crippen LogP contribution in [0.15, 0.2) is 54.6 Å². The van der Waals surface area contributed by atoms with E-state index < -0.39 is 0 Å². The molecule has 3 aromatic rings. The molecule has 156 valence electrons. The first-order valence-corrected chi connectivity index (χ1v) is 11.5. The van der Waals surface area contributed by atoms with Crippen LogP contribution in [0.3, 0.4) is 0 Å². The van der Waals surface area contributed by atoms with Crippen LogP contribution >= 0.6 is 22.9 Å². The molecule has 1 N–H and O–H groups in total. The fraction of sp³-hybridized carbons (Fsp3) is 0.348. The van der Waals surface area contributed by atoms with E-state index in [1.807, 2.05) is 24.3 Å². The molecule has 1 fully saturated rings. The summed E-state index contributed by atoms with van der Waals surface area (Å²) in [5, 5.41) is 13.7. The van der Waals surface area contributed by atoms with Crippen LogP contribution in [0, 0.1) is 5.92 Å². The Bertz CT molecular complexity index is 970. The minimum atomic E-state index is 0.00543. The molecular formula is C23H25ClN4OS. The van der Waals surface area contributed by atoms with Gasteiger partial charge in [-0.25, -0.2) is 0 Å². The number of aryl methyl sites for hydroxylation is 2. The minimum Gasteiger partial charge on any atom is -0.371 e. The van der Waals surface area contributed by atoms with E-state index in [4.69, 9.17) is 11.6 Å². The normalized spacial score (nSPS) is 14.6. The molecule has 2 heterocycles. The molecule has 1 amide bonds. The van der Waals surface area contributed by atoms with Crippen molar-refractivity contribution in [3.8, 4) is 0 Å². The minimum absolute atomic E-state index is 0.00543. The van der Waals surface area contributed by atoms with Crippen molar-refractivity contribution in [2.24, 2.45) is 5.92 Å². The Labute approximate surface area is 186 Å². The molecule has 1 saturated heterocycles. The Hall–Kier alpha value is -2.44. The zero-order valence-electron chi connectivity index (χ0n) is 16.8. The molecule has 0 bridgehead atoms. The van der Waals surface area contributed by atoms with E-state index >= 15 is 0 Å². The Morgan fingerprint density at radius 1 is 1.07 bits per heavy atom. The first-order valence-electron chi connectivity index (χ1n) is 10.3. The maximum atomic E-state index is 12.7. The first kappa shape index (κ1) is 20.8. The monoisotopic (exact) mass is 440 g/mol. The molecule has 0 atom stereocenters. The van der Waals surface area contributed by atoms with Crippen LogP contribution in [0.5, 0.6) is 0 Å². The summed E-state index contributed by atoms with van der Waals surface area (Å²) in [6, 6.07) is 18.3. The first-order chi connectivity index (χ1) is 14.7. The second kappa shape index (κ2) is 10.0. The van der Waals surface area contributed by atoms with Gasteiger partial charge in [-0.3, -0.25) is 4.79 Å². The van der Waals surface area contributed by atoms with Crippen molar-refractivity contribution in [3.05, 3.63) is 70.2 Å². The zero-order valence-corrected chi connectivity index (χ0v) is 18.3. The van der Waals surface area contributed by atoms with Gasteiger partial charge in [0.15, 0.2) is 0 Å². The van der Waals surface area contributed by atoms with Gasteiger partial charge in [0.1, 0.15) is 5.01 Å². The smallest absolute Gasteiger partial charge is 0.229 e. The molecule has 7 heteroatoms. The third-order valence-corrected chi connectivity index (χ3v) is 6.57. The summed E-state index contributed by atoms with van der Waals surface area (Å²) in [6.45, 7) is 1.69. The molecule has 1 aliphatic heterocycles. The van der Waals surface area contributed by atoms with Gasteiger partial charge >= 0.3 is 0 Å². The lowest BCUT2D eigenvalue weighted by Gasteiger charge is -2.32. The topological polar surface area (TPSA) is 58.1 Å². The number of anilines is 2. The van der Waals surface area contributed by atoms with Crippen LogP contribution < -0.4 is 10.2 Å². The van der Waals surface area contributed by atoms with Crippen molar-refractivity contribution in [3.63, 3.8) is 0 Å². The van der Waals surface area contributed by atoms with Gasteiger partial charge in [0.2, 0.25) is 11.0 Å². The van der Waals surface area contributed by atoms with Gasteiger partial charge in [-0.1, -0.05) is 59.3 Å². The summed E-state index contributed by atoms with van der Waals surface area (Å²) in [7, 11) is 0. The molecule has 4 rings (SSSR count). The second-order valence-electron chi connectivity index (χ2n) is 7.57. The number of hydrogen-bond donors (Lipinski definition) is 1. The number of rotatable bonds is 7. The highest BCUT2D eigenvalue weighted by atomic mass is 35.5. The third kappa shape index (κ3) is 5.58. The van der Waals surface area contributed by atoms with E-state index in [1.165, 1.54) is 16.9 Å². The highest BCUT2D eigenvalue weighted by molar-refractivity contribution is 7.15. The summed E-state index contributed by atoms with van der Waals surface area (Å²) >= 11 is 7.58. The standard InChI is InChI=1S/C23H25ClN4OS/c24-19-9-5-10-20(16-19)28-14-12-18(13-15-28)22(29)25-23-27-26-21(30-23)11-4-8-17-6-2-1-3-7-17/h1-3,5-7,9-10,16,18H,4,8,11-15H2,(H,25,27,29). The molecule has 0 saturated carbocycles. The lowest BCUT2D eigenvalue weighted by atomic mass is 9.95. The highest BCUT2D eigenvalue weighted by Gasteiger charge is 2.26. The fourth-order valence-electron chi connectivity index (χ4n) is 3.77. The lowest BCUT2D eigenvalue weighted by molar-refractivity contribution is -0.120. The quantitative estimate of drug-likeness (QED) is 0.547. The van der Waals surface area contributed by atoms with Gasteiger partial charge in [-0.05, 0) is 49.4 Å². The van der Waals surface area contributed by atoms with Crippen molar-refractivity contribution < 1.29 is 4.79 Å². The van der Waals surface area contributed by atoms with Crippen LogP contribution in [0.2, 0.25) is 5.02 Å². The molecular weight excluding hydrogens is 416 g/mol. The van der Waals surface area contributed by atoms with Crippen molar-refractivity contribution in [2.45, 2.75) is 32.1 Å². The number of piperidine rings is 1. The SMILES string of the molecule is O=C(Nc1nnc(CCCc2ccccc2)s1)C1CCN(c2cccc(Cl)c2)CC1. The molecule has 30 heavy (non-hydrogen) atoms. The number of hydrogen-bond acceptors (Lipinski definition) is 5. The van der Waals surface area contributed by atoms with E-state index in [0.29, 0.717) is 5.13 Å². The summed E-state index contributed by atoms with van der Waals surface area (Å²) < 4.78 is 0. The molecule has 0 unspecified atom stereocenters. The van der Waals surface area contributed by atoms with Gasteiger partial charge in [0.25, 0.3) is 0 Å². The van der Waals surface area contributed by atoms with Crippen molar-refractivity contribution in [1.29, 1.82) is 0 Å². The van der Waals surface area contributed by atoms with Gasteiger partial charge < -0.3 is 10.2 Å². The predicted octanol–water partition coefficient (Wildman–Crippen LogP) is 5.22. The number of nitrogens with zero attached hydrogens (tertiary/aromatic N) is 3. The number of halogens is 1. The molecule has 5 nitrogen and oxygen atoms in total. The Balaban J connectivity index is 1.23. The van der Waals surface area contributed by atoms with Gasteiger partial charge in [0.05, 0.1) is 0 Å². The van der Waals surface area contributed by atoms with E-state index in [9.17, 15) is 4.79 Å². The highest BCUT2D eigenvalue weighted by Crippen LogP contribution is 2.27. The number of amides is 1. The van der Waals surface area contributed by atoms with Crippen LogP contribution in [0.1, 0.15) is 29.8 Å². The van der Waals surface area contributed by atoms with Crippen LogP contribution in [0.4, 0.5) is 10.8 Å². The number of nitrogens with one attached hydrogen (secondary N) is 1. The molecule has 1 aromatic heterocycles. The molecule has 2 aromatic carbocycles. The number of aromatic nitrogens is 2. The second-order valence-corrected chi connectivity index (χ2v) is 9.07.